The second kappa shape index (κ2) is 6.87. The van der Waals surface area contributed by atoms with E-state index in [1.165, 1.54) is 11.2 Å². The Labute approximate surface area is 149 Å². The highest BCUT2D eigenvalue weighted by atomic mass is 16.5. The first-order valence-electron chi connectivity index (χ1n) is 8.36. The summed E-state index contributed by atoms with van der Waals surface area (Å²) in [5.74, 6) is 0.757. The molecule has 2 aromatic heterocycles. The first kappa shape index (κ1) is 16.1. The van der Waals surface area contributed by atoms with Gasteiger partial charge in [-0.25, -0.2) is 4.79 Å². The number of benzene rings is 1. The van der Waals surface area contributed by atoms with Gasteiger partial charge in [-0.1, -0.05) is 35.5 Å². The van der Waals surface area contributed by atoms with E-state index in [1.54, 1.807) is 18.2 Å². The minimum absolute atomic E-state index is 0.0662. The van der Waals surface area contributed by atoms with E-state index in [1.807, 2.05) is 30.3 Å². The summed E-state index contributed by atoms with van der Waals surface area (Å²) in [6.45, 7) is 0.0662. The van der Waals surface area contributed by atoms with Crippen molar-refractivity contribution in [1.29, 1.82) is 0 Å². The van der Waals surface area contributed by atoms with Crippen molar-refractivity contribution in [1.82, 2.24) is 15.4 Å². The number of hydrogen-bond donors (Lipinski definition) is 1. The topological polar surface area (TPSA) is 88.6 Å². The Morgan fingerprint density at radius 1 is 1.08 bits per heavy atom. The zero-order valence-corrected chi connectivity index (χ0v) is 13.9. The molecule has 1 aromatic carbocycles. The highest BCUT2D eigenvalue weighted by Gasteiger charge is 2.38. The quantitative estimate of drug-likeness (QED) is 0.690. The molecule has 4 rings (SSSR count). The Kier molecular flexibility index (Phi) is 4.27. The van der Waals surface area contributed by atoms with E-state index in [0.29, 0.717) is 23.6 Å². The van der Waals surface area contributed by atoms with Gasteiger partial charge in [-0.3, -0.25) is 9.69 Å². The Balaban J connectivity index is 1.39. The number of carbonyl (C=O) groups excluding carboxylic acids is 2. The fraction of sp³-hybridized carbons (Fsp3) is 0.211. The fourth-order valence-electron chi connectivity index (χ4n) is 2.96. The summed E-state index contributed by atoms with van der Waals surface area (Å²) in [6, 6.07) is 14.1. The van der Waals surface area contributed by atoms with Gasteiger partial charge in [0.05, 0.1) is 12.8 Å². The molecule has 7 nitrogen and oxygen atoms in total. The van der Waals surface area contributed by atoms with Gasteiger partial charge in [-0.15, -0.1) is 0 Å². The van der Waals surface area contributed by atoms with Gasteiger partial charge in [-0.2, -0.15) is 0 Å². The predicted molar refractivity (Wildman–Crippen MR) is 91.8 cm³/mol. The molecule has 7 heteroatoms. The Hall–Kier alpha value is -3.35. The maximum atomic E-state index is 12.5. The number of amides is 3. The largest absolute Gasteiger partial charge is 0.461 e. The molecule has 1 fully saturated rings. The standard InChI is InChI=1S/C19H17N3O4/c23-18-15(9-8-13-5-2-1-3-6-13)20-19(24)22(18)12-14-11-17(26-21-14)16-7-4-10-25-16/h1-7,10-11,15H,8-9,12H2,(H,20,24). The van der Waals surface area contributed by atoms with Crippen molar-refractivity contribution >= 4 is 11.9 Å². The van der Waals surface area contributed by atoms with Crippen LogP contribution in [0.25, 0.3) is 11.5 Å². The molecule has 1 atom stereocenters. The molecular formula is C19H17N3O4. The lowest BCUT2D eigenvalue weighted by molar-refractivity contribution is -0.128. The predicted octanol–water partition coefficient (Wildman–Crippen LogP) is 2.99. The first-order chi connectivity index (χ1) is 12.7. The van der Waals surface area contributed by atoms with Crippen LogP contribution >= 0.6 is 0 Å². The average molecular weight is 351 g/mol. The van der Waals surface area contributed by atoms with Crippen molar-refractivity contribution in [3.05, 3.63) is 66.1 Å². The lowest BCUT2D eigenvalue weighted by atomic mass is 10.1. The molecule has 0 radical (unpaired) electrons. The Bertz CT molecular complexity index is 902. The zero-order valence-electron chi connectivity index (χ0n) is 13.9. The molecule has 0 bridgehead atoms. The van der Waals surface area contributed by atoms with Crippen LogP contribution in [0.2, 0.25) is 0 Å². The number of aryl methyl sites for hydroxylation is 1. The SMILES string of the molecule is O=C1NC(CCc2ccccc2)C(=O)N1Cc1cc(-c2ccco2)on1. The summed E-state index contributed by atoms with van der Waals surface area (Å²) in [5.41, 5.74) is 1.62. The number of furan rings is 1. The highest BCUT2D eigenvalue weighted by Crippen LogP contribution is 2.22. The van der Waals surface area contributed by atoms with E-state index < -0.39 is 12.1 Å². The Morgan fingerprint density at radius 3 is 2.69 bits per heavy atom. The summed E-state index contributed by atoms with van der Waals surface area (Å²) in [4.78, 5) is 25.9. The van der Waals surface area contributed by atoms with Crippen LogP contribution < -0.4 is 5.32 Å². The molecule has 3 amide bonds. The molecule has 132 valence electrons. The summed E-state index contributed by atoms with van der Waals surface area (Å²) in [7, 11) is 0. The average Bonchev–Trinajstić information content (AvgIpc) is 3.38. The maximum absolute atomic E-state index is 12.5. The smallest absolute Gasteiger partial charge is 0.325 e. The van der Waals surface area contributed by atoms with Crippen LogP contribution in [0, 0.1) is 0 Å². The molecule has 1 N–H and O–H groups in total. The molecule has 3 heterocycles. The number of carbonyl (C=O) groups is 2. The van der Waals surface area contributed by atoms with E-state index in [4.69, 9.17) is 8.94 Å². The molecule has 0 spiro atoms. The van der Waals surface area contributed by atoms with Gasteiger partial charge in [-0.05, 0) is 30.5 Å². The van der Waals surface area contributed by atoms with Crippen LogP contribution in [-0.4, -0.2) is 28.0 Å². The van der Waals surface area contributed by atoms with Crippen molar-refractivity contribution in [2.75, 3.05) is 0 Å². The van der Waals surface area contributed by atoms with E-state index in [9.17, 15) is 9.59 Å². The number of nitrogens with zero attached hydrogens (tertiary/aromatic N) is 2. The van der Waals surface area contributed by atoms with Crippen molar-refractivity contribution in [2.45, 2.75) is 25.4 Å². The summed E-state index contributed by atoms with van der Waals surface area (Å²) in [5, 5.41) is 6.65. The van der Waals surface area contributed by atoms with Gasteiger partial charge in [0.25, 0.3) is 5.91 Å². The number of nitrogens with one attached hydrogen (secondary N) is 1. The minimum Gasteiger partial charge on any atom is -0.461 e. The second-order valence-corrected chi connectivity index (χ2v) is 6.11. The molecule has 0 saturated carbocycles. The van der Waals surface area contributed by atoms with Crippen LogP contribution in [0.3, 0.4) is 0 Å². The Morgan fingerprint density at radius 2 is 1.92 bits per heavy atom. The van der Waals surface area contributed by atoms with Gasteiger partial charge in [0, 0.05) is 6.07 Å². The van der Waals surface area contributed by atoms with Gasteiger partial charge in [0.1, 0.15) is 11.7 Å². The molecule has 1 aliphatic rings. The molecule has 0 aliphatic carbocycles. The minimum atomic E-state index is -0.515. The van der Waals surface area contributed by atoms with Crippen LogP contribution in [0.15, 0.2) is 63.7 Å². The zero-order chi connectivity index (χ0) is 17.9. The molecule has 26 heavy (non-hydrogen) atoms. The number of hydrogen-bond acceptors (Lipinski definition) is 5. The van der Waals surface area contributed by atoms with Crippen molar-refractivity contribution in [2.24, 2.45) is 0 Å². The highest BCUT2D eigenvalue weighted by molar-refractivity contribution is 6.04. The van der Waals surface area contributed by atoms with Crippen molar-refractivity contribution < 1.29 is 18.5 Å². The first-order valence-corrected chi connectivity index (χ1v) is 8.36. The third-order valence-corrected chi connectivity index (χ3v) is 4.31. The lowest BCUT2D eigenvalue weighted by Crippen LogP contribution is -2.31. The van der Waals surface area contributed by atoms with Gasteiger partial charge in [0.15, 0.2) is 5.76 Å². The molecule has 3 aromatic rings. The summed E-state index contributed by atoms with van der Waals surface area (Å²) in [6.07, 6.45) is 2.81. The van der Waals surface area contributed by atoms with Gasteiger partial charge >= 0.3 is 6.03 Å². The third-order valence-electron chi connectivity index (χ3n) is 4.31. The number of urea groups is 1. The van der Waals surface area contributed by atoms with Crippen molar-refractivity contribution in [3.8, 4) is 11.5 Å². The molecule has 1 saturated heterocycles. The summed E-state index contributed by atoms with van der Waals surface area (Å²) >= 11 is 0. The van der Waals surface area contributed by atoms with Crippen LogP contribution in [0.1, 0.15) is 17.7 Å². The molecular weight excluding hydrogens is 334 g/mol. The number of aromatic nitrogens is 1. The van der Waals surface area contributed by atoms with E-state index in [-0.39, 0.29) is 12.5 Å². The van der Waals surface area contributed by atoms with Gasteiger partial charge in [0.2, 0.25) is 5.76 Å². The van der Waals surface area contributed by atoms with Crippen LogP contribution in [-0.2, 0) is 17.8 Å². The lowest BCUT2D eigenvalue weighted by Gasteiger charge is -2.11. The monoisotopic (exact) mass is 351 g/mol. The molecule has 1 unspecified atom stereocenters. The van der Waals surface area contributed by atoms with Crippen LogP contribution in [0.5, 0.6) is 0 Å². The van der Waals surface area contributed by atoms with Crippen molar-refractivity contribution in [3.63, 3.8) is 0 Å². The second-order valence-electron chi connectivity index (χ2n) is 6.11. The van der Waals surface area contributed by atoms with Gasteiger partial charge < -0.3 is 14.3 Å². The third kappa shape index (κ3) is 3.23. The number of imide groups is 1. The fourth-order valence-corrected chi connectivity index (χ4v) is 2.96. The normalized spacial score (nSPS) is 16.9. The van der Waals surface area contributed by atoms with E-state index in [2.05, 4.69) is 10.5 Å². The van der Waals surface area contributed by atoms with E-state index >= 15 is 0 Å². The molecule has 1 aliphatic heterocycles. The number of rotatable bonds is 6. The van der Waals surface area contributed by atoms with E-state index in [0.717, 1.165) is 12.0 Å². The maximum Gasteiger partial charge on any atom is 0.325 e. The van der Waals surface area contributed by atoms with Crippen LogP contribution in [0.4, 0.5) is 4.79 Å². The summed E-state index contributed by atoms with van der Waals surface area (Å²) < 4.78 is 10.5.